The SMILES string of the molecule is O=C(O)C1(F)CC=CC1. The van der Waals surface area contributed by atoms with Crippen molar-refractivity contribution in [2.24, 2.45) is 0 Å². The minimum atomic E-state index is -2.00. The minimum Gasteiger partial charge on any atom is -0.479 e. The van der Waals surface area contributed by atoms with Crippen molar-refractivity contribution in [1.82, 2.24) is 0 Å². The summed E-state index contributed by atoms with van der Waals surface area (Å²) in [7, 11) is 0. The van der Waals surface area contributed by atoms with Crippen LogP contribution in [-0.2, 0) is 4.79 Å². The maximum atomic E-state index is 12.8. The highest BCUT2D eigenvalue weighted by molar-refractivity contribution is 5.78. The van der Waals surface area contributed by atoms with E-state index in [2.05, 4.69) is 0 Å². The minimum absolute atomic E-state index is 0.0162. The van der Waals surface area contributed by atoms with Crippen LogP contribution in [0.2, 0.25) is 0 Å². The van der Waals surface area contributed by atoms with Gasteiger partial charge in [-0.2, -0.15) is 0 Å². The lowest BCUT2D eigenvalue weighted by Crippen LogP contribution is -2.29. The normalized spacial score (nSPS) is 22.3. The number of rotatable bonds is 1. The van der Waals surface area contributed by atoms with E-state index in [1.54, 1.807) is 12.2 Å². The van der Waals surface area contributed by atoms with Crippen molar-refractivity contribution in [1.29, 1.82) is 0 Å². The molecular weight excluding hydrogens is 123 g/mol. The second kappa shape index (κ2) is 1.83. The molecule has 0 aliphatic heterocycles. The number of hydrogen-bond acceptors (Lipinski definition) is 1. The first-order valence-corrected chi connectivity index (χ1v) is 2.72. The van der Waals surface area contributed by atoms with Gasteiger partial charge < -0.3 is 5.11 Å². The van der Waals surface area contributed by atoms with Gasteiger partial charge in [-0.05, 0) is 0 Å². The van der Waals surface area contributed by atoms with Crippen molar-refractivity contribution >= 4 is 5.97 Å². The number of carboxylic acids is 1. The van der Waals surface area contributed by atoms with Crippen LogP contribution < -0.4 is 0 Å². The summed E-state index contributed by atoms with van der Waals surface area (Å²) >= 11 is 0. The lowest BCUT2D eigenvalue weighted by molar-refractivity contribution is -0.150. The first kappa shape index (κ1) is 6.26. The number of carboxylic acid groups (broad SMARTS) is 1. The summed E-state index contributed by atoms with van der Waals surface area (Å²) < 4.78 is 12.8. The number of hydrogen-bond donors (Lipinski definition) is 1. The van der Waals surface area contributed by atoms with E-state index in [1.165, 1.54) is 0 Å². The Bertz CT molecular complexity index is 154. The first-order chi connectivity index (χ1) is 4.15. The number of allylic oxidation sites excluding steroid dienone is 2. The predicted octanol–water partition coefficient (Wildman–Crippen LogP) is 1.13. The molecule has 0 heterocycles. The molecule has 1 aliphatic rings. The van der Waals surface area contributed by atoms with Gasteiger partial charge in [-0.1, -0.05) is 12.2 Å². The molecule has 1 aliphatic carbocycles. The van der Waals surface area contributed by atoms with Crippen LogP contribution in [0.15, 0.2) is 12.2 Å². The van der Waals surface area contributed by atoms with Crippen molar-refractivity contribution in [3.63, 3.8) is 0 Å². The zero-order valence-corrected chi connectivity index (χ0v) is 4.80. The van der Waals surface area contributed by atoms with Gasteiger partial charge in [-0.3, -0.25) is 0 Å². The van der Waals surface area contributed by atoms with Gasteiger partial charge in [0.25, 0.3) is 0 Å². The van der Waals surface area contributed by atoms with Gasteiger partial charge in [0.15, 0.2) is 0 Å². The Morgan fingerprint density at radius 2 is 2.00 bits per heavy atom. The third-order valence-corrected chi connectivity index (χ3v) is 1.43. The molecule has 0 unspecified atom stereocenters. The Hall–Kier alpha value is -0.860. The van der Waals surface area contributed by atoms with Gasteiger partial charge in [0, 0.05) is 12.8 Å². The van der Waals surface area contributed by atoms with E-state index in [4.69, 9.17) is 5.11 Å². The Morgan fingerprint density at radius 1 is 1.56 bits per heavy atom. The molecule has 0 aromatic carbocycles. The summed E-state index contributed by atoms with van der Waals surface area (Å²) in [5.41, 5.74) is -2.00. The van der Waals surface area contributed by atoms with E-state index in [0.29, 0.717) is 0 Å². The average Bonchev–Trinajstić information content (AvgIpc) is 2.16. The van der Waals surface area contributed by atoms with Crippen LogP contribution in [0.25, 0.3) is 0 Å². The monoisotopic (exact) mass is 130 g/mol. The molecule has 2 nitrogen and oxygen atoms in total. The molecule has 0 aromatic heterocycles. The average molecular weight is 130 g/mol. The van der Waals surface area contributed by atoms with Crippen LogP contribution in [-0.4, -0.2) is 16.7 Å². The van der Waals surface area contributed by atoms with E-state index in [-0.39, 0.29) is 12.8 Å². The maximum absolute atomic E-state index is 12.8. The molecule has 0 spiro atoms. The smallest absolute Gasteiger partial charge is 0.342 e. The van der Waals surface area contributed by atoms with Crippen molar-refractivity contribution in [3.8, 4) is 0 Å². The zero-order chi connectivity index (χ0) is 6.91. The molecule has 3 heteroatoms. The van der Waals surface area contributed by atoms with Crippen LogP contribution in [0.3, 0.4) is 0 Å². The van der Waals surface area contributed by atoms with Gasteiger partial charge >= 0.3 is 5.97 Å². The highest BCUT2D eigenvalue weighted by Gasteiger charge is 2.38. The second-order valence-electron chi connectivity index (χ2n) is 2.15. The summed E-state index contributed by atoms with van der Waals surface area (Å²) in [6.45, 7) is 0. The standard InChI is InChI=1S/C6H7FO2/c7-6(5(8)9)3-1-2-4-6/h1-2H,3-4H2,(H,8,9). The van der Waals surface area contributed by atoms with Crippen LogP contribution in [0.5, 0.6) is 0 Å². The van der Waals surface area contributed by atoms with E-state index >= 15 is 0 Å². The lowest BCUT2D eigenvalue weighted by atomic mass is 10.1. The molecule has 0 bridgehead atoms. The zero-order valence-electron chi connectivity index (χ0n) is 4.80. The summed E-state index contributed by atoms with van der Waals surface area (Å²) in [5.74, 6) is -1.35. The molecule has 0 saturated carbocycles. The van der Waals surface area contributed by atoms with Crippen molar-refractivity contribution in [2.45, 2.75) is 18.5 Å². The van der Waals surface area contributed by atoms with Gasteiger partial charge in [0.1, 0.15) is 0 Å². The van der Waals surface area contributed by atoms with Crippen LogP contribution >= 0.6 is 0 Å². The Labute approximate surface area is 52.0 Å². The summed E-state index contributed by atoms with van der Waals surface area (Å²) in [6.07, 6.45) is 3.13. The predicted molar refractivity (Wildman–Crippen MR) is 29.8 cm³/mol. The summed E-state index contributed by atoms with van der Waals surface area (Å²) in [4.78, 5) is 10.1. The molecular formula is C6H7FO2. The Kier molecular flexibility index (Phi) is 1.27. The fraction of sp³-hybridized carbons (Fsp3) is 0.500. The van der Waals surface area contributed by atoms with E-state index in [0.717, 1.165) is 0 Å². The van der Waals surface area contributed by atoms with Crippen LogP contribution in [0, 0.1) is 0 Å². The van der Waals surface area contributed by atoms with Crippen molar-refractivity contribution in [2.75, 3.05) is 0 Å². The largest absolute Gasteiger partial charge is 0.479 e. The van der Waals surface area contributed by atoms with Gasteiger partial charge in [0.2, 0.25) is 5.67 Å². The molecule has 0 saturated heterocycles. The highest BCUT2D eigenvalue weighted by atomic mass is 19.1. The molecule has 0 atom stereocenters. The Morgan fingerprint density at radius 3 is 2.22 bits per heavy atom. The van der Waals surface area contributed by atoms with Gasteiger partial charge in [-0.25, -0.2) is 9.18 Å². The number of aliphatic carboxylic acids is 1. The molecule has 1 N–H and O–H groups in total. The fourth-order valence-electron chi connectivity index (χ4n) is 0.798. The number of alkyl halides is 1. The number of carbonyl (C=O) groups is 1. The molecule has 0 aromatic rings. The first-order valence-electron chi connectivity index (χ1n) is 2.72. The highest BCUT2D eigenvalue weighted by Crippen LogP contribution is 2.27. The van der Waals surface area contributed by atoms with Crippen molar-refractivity contribution < 1.29 is 14.3 Å². The quantitative estimate of drug-likeness (QED) is 0.540. The van der Waals surface area contributed by atoms with Crippen LogP contribution in [0.1, 0.15) is 12.8 Å². The van der Waals surface area contributed by atoms with E-state index in [1.807, 2.05) is 0 Å². The van der Waals surface area contributed by atoms with Crippen molar-refractivity contribution in [3.05, 3.63) is 12.2 Å². The molecule has 9 heavy (non-hydrogen) atoms. The van der Waals surface area contributed by atoms with Gasteiger partial charge in [-0.15, -0.1) is 0 Å². The Balaban J connectivity index is 2.66. The third-order valence-electron chi connectivity index (χ3n) is 1.43. The molecule has 0 amide bonds. The molecule has 0 radical (unpaired) electrons. The third kappa shape index (κ3) is 0.943. The van der Waals surface area contributed by atoms with Crippen LogP contribution in [0.4, 0.5) is 4.39 Å². The molecule has 0 fully saturated rings. The molecule has 1 rings (SSSR count). The lowest BCUT2D eigenvalue weighted by Gasteiger charge is -2.10. The maximum Gasteiger partial charge on any atom is 0.342 e. The topological polar surface area (TPSA) is 37.3 Å². The molecule has 50 valence electrons. The van der Waals surface area contributed by atoms with E-state index in [9.17, 15) is 9.18 Å². The fourth-order valence-corrected chi connectivity index (χ4v) is 0.798. The second-order valence-corrected chi connectivity index (χ2v) is 2.15. The number of halogens is 1. The van der Waals surface area contributed by atoms with Gasteiger partial charge in [0.05, 0.1) is 0 Å². The summed E-state index contributed by atoms with van der Waals surface area (Å²) in [5, 5.41) is 8.26. The van der Waals surface area contributed by atoms with E-state index < -0.39 is 11.6 Å². The summed E-state index contributed by atoms with van der Waals surface area (Å²) in [6, 6.07) is 0.